The maximum Gasteiger partial charge on any atom is 0.103 e. The van der Waals surface area contributed by atoms with Gasteiger partial charge in [0.25, 0.3) is 0 Å². The normalized spacial score (nSPS) is 13.0. The zero-order valence-corrected chi connectivity index (χ0v) is 18.4. The molecule has 0 bridgehead atoms. The van der Waals surface area contributed by atoms with E-state index in [1.165, 1.54) is 5.56 Å². The molecular formula is C25H34N4. The lowest BCUT2D eigenvalue weighted by Crippen LogP contribution is -2.25. The molecule has 0 spiro atoms. The lowest BCUT2D eigenvalue weighted by atomic mass is 9.88. The first-order chi connectivity index (χ1) is 14.0. The average Bonchev–Trinajstić information content (AvgIpc) is 2.73. The van der Waals surface area contributed by atoms with Crippen LogP contribution in [0.4, 0.5) is 11.4 Å². The van der Waals surface area contributed by atoms with Gasteiger partial charge in [0.2, 0.25) is 0 Å². The monoisotopic (exact) mass is 390 g/mol. The van der Waals surface area contributed by atoms with Crippen LogP contribution in [-0.2, 0) is 0 Å². The van der Waals surface area contributed by atoms with Gasteiger partial charge < -0.3 is 5.32 Å². The smallest absolute Gasteiger partial charge is 0.103 e. The highest BCUT2D eigenvalue weighted by Gasteiger charge is 2.25. The fourth-order valence-corrected chi connectivity index (χ4v) is 3.61. The zero-order valence-electron chi connectivity index (χ0n) is 18.4. The van der Waals surface area contributed by atoms with E-state index in [1.54, 1.807) is 0 Å². The van der Waals surface area contributed by atoms with E-state index in [0.717, 1.165) is 35.6 Å². The summed E-state index contributed by atoms with van der Waals surface area (Å²) in [6.45, 7) is 14.4. The molecule has 29 heavy (non-hydrogen) atoms. The summed E-state index contributed by atoms with van der Waals surface area (Å²) in [5.41, 5.74) is 4.42. The molecule has 0 aromatic heterocycles. The highest BCUT2D eigenvalue weighted by molar-refractivity contribution is 5.95. The van der Waals surface area contributed by atoms with Crippen molar-refractivity contribution in [3.63, 3.8) is 0 Å². The highest BCUT2D eigenvalue weighted by atomic mass is 15.5. The van der Waals surface area contributed by atoms with Crippen molar-refractivity contribution in [3.05, 3.63) is 72.4 Å². The van der Waals surface area contributed by atoms with Crippen molar-refractivity contribution >= 4 is 23.4 Å². The largest absolute Gasteiger partial charge is 0.344 e. The topological polar surface area (TPSA) is 40.0 Å². The number of hydrazone groups is 1. The molecule has 0 fully saturated rings. The SMILES string of the molecule is C=CN(/N=C\C)C(c1ccc(NC(C)=Nc2ccccc2C)cc1)C(CC)CC. The van der Waals surface area contributed by atoms with Crippen LogP contribution in [0, 0.1) is 12.8 Å². The minimum absolute atomic E-state index is 0.175. The van der Waals surface area contributed by atoms with Crippen LogP contribution in [0.15, 0.2) is 71.4 Å². The Labute approximate surface area is 176 Å². The molecule has 0 amide bonds. The van der Waals surface area contributed by atoms with Crippen molar-refractivity contribution in [2.45, 2.75) is 53.5 Å². The standard InChI is InChI=1S/C25H34N4/c1-7-21(8-2)25(29(10-4)26-9-3)22-15-17-23(18-16-22)27-20(6)28-24-14-12-11-13-19(24)5/h9-18,21,25H,4,7-8H2,1-3,5-6H3,(H,27,28)/b26-9-. The van der Waals surface area contributed by atoms with Crippen molar-refractivity contribution in [1.82, 2.24) is 5.01 Å². The van der Waals surface area contributed by atoms with Crippen LogP contribution in [0.1, 0.15) is 57.7 Å². The molecule has 0 heterocycles. The van der Waals surface area contributed by atoms with E-state index >= 15 is 0 Å². The van der Waals surface area contributed by atoms with Crippen LogP contribution < -0.4 is 5.32 Å². The molecule has 1 N–H and O–H groups in total. The first-order valence-electron chi connectivity index (χ1n) is 10.4. The Hall–Kier alpha value is -2.88. The minimum Gasteiger partial charge on any atom is -0.344 e. The molecule has 1 atom stereocenters. The van der Waals surface area contributed by atoms with Crippen LogP contribution in [0.5, 0.6) is 0 Å². The Kier molecular flexibility index (Phi) is 8.66. The summed E-state index contributed by atoms with van der Waals surface area (Å²) >= 11 is 0. The molecular weight excluding hydrogens is 356 g/mol. The molecule has 4 nitrogen and oxygen atoms in total. The van der Waals surface area contributed by atoms with Crippen LogP contribution in [-0.4, -0.2) is 17.1 Å². The van der Waals surface area contributed by atoms with E-state index in [9.17, 15) is 0 Å². The third-order valence-electron chi connectivity index (χ3n) is 5.20. The lowest BCUT2D eigenvalue weighted by Gasteiger charge is -2.32. The second-order valence-corrected chi connectivity index (χ2v) is 7.19. The Morgan fingerprint density at radius 3 is 2.31 bits per heavy atom. The number of nitrogens with zero attached hydrogens (tertiary/aromatic N) is 3. The van der Waals surface area contributed by atoms with Gasteiger partial charge in [0.05, 0.1) is 11.7 Å². The molecule has 0 aliphatic carbocycles. The fraction of sp³-hybridized carbons (Fsp3) is 0.360. The van der Waals surface area contributed by atoms with Crippen LogP contribution in [0.3, 0.4) is 0 Å². The van der Waals surface area contributed by atoms with Gasteiger partial charge in [-0.05, 0) is 56.0 Å². The first kappa shape index (κ1) is 22.4. The fourth-order valence-electron chi connectivity index (χ4n) is 3.61. The lowest BCUT2D eigenvalue weighted by molar-refractivity contribution is 0.200. The summed E-state index contributed by atoms with van der Waals surface area (Å²) in [5.74, 6) is 1.37. The summed E-state index contributed by atoms with van der Waals surface area (Å²) in [6.07, 6.45) is 5.81. The van der Waals surface area contributed by atoms with Crippen LogP contribution >= 0.6 is 0 Å². The van der Waals surface area contributed by atoms with Crippen LogP contribution in [0.25, 0.3) is 0 Å². The predicted octanol–water partition coefficient (Wildman–Crippen LogP) is 7.09. The molecule has 0 aliphatic heterocycles. The molecule has 2 aromatic rings. The van der Waals surface area contributed by atoms with Gasteiger partial charge in [-0.2, -0.15) is 5.10 Å². The number of amidine groups is 1. The van der Waals surface area contributed by atoms with Crippen molar-refractivity contribution in [1.29, 1.82) is 0 Å². The van der Waals surface area contributed by atoms with Crippen molar-refractivity contribution in [2.75, 3.05) is 5.32 Å². The number of anilines is 1. The average molecular weight is 391 g/mol. The summed E-state index contributed by atoms with van der Waals surface area (Å²) in [5, 5.41) is 9.89. The predicted molar refractivity (Wildman–Crippen MR) is 127 cm³/mol. The summed E-state index contributed by atoms with van der Waals surface area (Å²) in [4.78, 5) is 4.70. The Balaban J connectivity index is 2.24. The van der Waals surface area contributed by atoms with E-state index in [2.05, 4.69) is 68.1 Å². The maximum absolute atomic E-state index is 4.70. The number of benzene rings is 2. The summed E-state index contributed by atoms with van der Waals surface area (Å²) in [7, 11) is 0. The number of para-hydroxylation sites is 1. The van der Waals surface area contributed by atoms with Gasteiger partial charge >= 0.3 is 0 Å². The Morgan fingerprint density at radius 1 is 1.10 bits per heavy atom. The van der Waals surface area contributed by atoms with Gasteiger partial charge in [0.15, 0.2) is 0 Å². The highest BCUT2D eigenvalue weighted by Crippen LogP contribution is 2.34. The number of hydrogen-bond acceptors (Lipinski definition) is 3. The third-order valence-corrected chi connectivity index (χ3v) is 5.20. The molecule has 0 aliphatic rings. The first-order valence-corrected chi connectivity index (χ1v) is 10.4. The molecule has 1 unspecified atom stereocenters. The second kappa shape index (κ2) is 11.2. The van der Waals surface area contributed by atoms with E-state index in [4.69, 9.17) is 4.99 Å². The number of hydrogen-bond donors (Lipinski definition) is 1. The molecule has 4 heteroatoms. The van der Waals surface area contributed by atoms with Crippen molar-refractivity contribution in [3.8, 4) is 0 Å². The van der Waals surface area contributed by atoms with Gasteiger partial charge in [-0.3, -0.25) is 5.01 Å². The van der Waals surface area contributed by atoms with Crippen molar-refractivity contribution in [2.24, 2.45) is 16.0 Å². The van der Waals surface area contributed by atoms with Gasteiger partial charge in [-0.15, -0.1) is 0 Å². The molecule has 0 saturated heterocycles. The third kappa shape index (κ3) is 6.05. The van der Waals surface area contributed by atoms with Gasteiger partial charge in [-0.1, -0.05) is 63.6 Å². The molecule has 2 aromatic carbocycles. The minimum atomic E-state index is 0.175. The Morgan fingerprint density at radius 2 is 1.76 bits per heavy atom. The van der Waals surface area contributed by atoms with E-state index in [0.29, 0.717) is 5.92 Å². The summed E-state index contributed by atoms with van der Waals surface area (Å²) in [6, 6.07) is 16.9. The molecule has 154 valence electrons. The number of aryl methyl sites for hydroxylation is 1. The van der Waals surface area contributed by atoms with Crippen molar-refractivity contribution < 1.29 is 0 Å². The quantitative estimate of drug-likeness (QED) is 0.282. The molecule has 2 rings (SSSR count). The number of aliphatic imine (C=N–C) groups is 1. The molecule has 0 saturated carbocycles. The van der Waals surface area contributed by atoms with E-state index in [1.807, 2.05) is 49.5 Å². The zero-order chi connectivity index (χ0) is 21.2. The van der Waals surface area contributed by atoms with Gasteiger partial charge in [-0.25, -0.2) is 4.99 Å². The number of nitrogens with one attached hydrogen (secondary N) is 1. The summed E-state index contributed by atoms with van der Waals surface area (Å²) < 4.78 is 0. The second-order valence-electron chi connectivity index (χ2n) is 7.19. The molecule has 0 radical (unpaired) electrons. The van der Waals surface area contributed by atoms with E-state index < -0.39 is 0 Å². The van der Waals surface area contributed by atoms with E-state index in [-0.39, 0.29) is 6.04 Å². The van der Waals surface area contributed by atoms with Gasteiger partial charge in [0, 0.05) is 18.1 Å². The Bertz CT molecular complexity index is 832. The maximum atomic E-state index is 4.70. The van der Waals surface area contributed by atoms with Gasteiger partial charge in [0.1, 0.15) is 5.84 Å². The number of rotatable bonds is 9. The van der Waals surface area contributed by atoms with Crippen LogP contribution in [0.2, 0.25) is 0 Å².